The molecule has 2 aliphatic heterocycles. The maximum atomic E-state index is 13.5. The van der Waals surface area contributed by atoms with Crippen LogP contribution in [0.25, 0.3) is 11.3 Å². The first-order chi connectivity index (χ1) is 25.8. The van der Waals surface area contributed by atoms with E-state index in [2.05, 4.69) is 22.7 Å². The molecule has 3 N–H and O–H groups in total. The number of nitrogens with one attached hydrogen (secondary N) is 2. The van der Waals surface area contributed by atoms with Crippen molar-refractivity contribution >= 4 is 41.2 Å². The predicted molar refractivity (Wildman–Crippen MR) is 200 cm³/mol. The number of allylic oxidation sites excluding steroid dienone is 1. The Balaban J connectivity index is 0.815. The smallest absolute Gasteiger partial charge is 0.327 e. The Morgan fingerprint density at radius 2 is 1.80 bits per heavy atom. The van der Waals surface area contributed by atoms with E-state index >= 15 is 0 Å². The maximum absolute atomic E-state index is 13.5. The van der Waals surface area contributed by atoms with E-state index in [-0.39, 0.29) is 34.4 Å². The molecule has 0 radical (unpaired) electrons. The number of rotatable bonds is 10. The molecule has 1 aromatic heterocycles. The third kappa shape index (κ3) is 6.19. The minimum absolute atomic E-state index is 0.179. The van der Waals surface area contributed by atoms with Crippen LogP contribution >= 0.6 is 11.8 Å². The average Bonchev–Trinajstić information content (AvgIpc) is 3.78. The van der Waals surface area contributed by atoms with Crippen LogP contribution in [-0.2, 0) is 19.1 Å². The molecule has 3 heterocycles. The van der Waals surface area contributed by atoms with Gasteiger partial charge in [-0.05, 0) is 119 Å². The van der Waals surface area contributed by atoms with Gasteiger partial charge in [0.15, 0.2) is 5.78 Å². The SMILES string of the molecule is Cc1onc(-c2ccc(C(=O)NCCCOC3CCC4C5CCC6=CC(=O)CCC6C5CCC34C)cc2)c1C(=O)NC1C(=O)N2C1SC(C)(C)C2C(=O)O. The lowest BCUT2D eigenvalue weighted by molar-refractivity contribution is -0.159. The number of β-lactam (4-membered cyclic amide) rings is 1. The number of thioether (sulfide) groups is 1. The number of carbonyl (C=O) groups excluding carboxylic acids is 4. The molecule has 288 valence electrons. The number of carbonyl (C=O) groups is 5. The van der Waals surface area contributed by atoms with Crippen LogP contribution in [0, 0.1) is 36.0 Å². The zero-order valence-electron chi connectivity index (χ0n) is 31.4. The van der Waals surface area contributed by atoms with Crippen LogP contribution < -0.4 is 10.6 Å². The van der Waals surface area contributed by atoms with Gasteiger partial charge in [-0.2, -0.15) is 0 Å². The lowest BCUT2D eigenvalue weighted by Crippen LogP contribution is -2.70. The van der Waals surface area contributed by atoms with E-state index in [9.17, 15) is 29.1 Å². The first-order valence-electron chi connectivity index (χ1n) is 19.5. The second kappa shape index (κ2) is 14.0. The van der Waals surface area contributed by atoms with Crippen molar-refractivity contribution in [1.29, 1.82) is 0 Å². The normalized spacial score (nSPS) is 33.5. The highest BCUT2D eigenvalue weighted by Crippen LogP contribution is 2.62. The van der Waals surface area contributed by atoms with Gasteiger partial charge in [-0.1, -0.05) is 29.8 Å². The van der Waals surface area contributed by atoms with Crippen LogP contribution in [0.1, 0.15) is 105 Å². The Labute approximate surface area is 319 Å². The second-order valence-electron chi connectivity index (χ2n) is 17.0. The summed E-state index contributed by atoms with van der Waals surface area (Å²) in [6.45, 7) is 8.70. The second-order valence-corrected chi connectivity index (χ2v) is 18.8. The molecule has 3 amide bonds. The molecule has 13 heteroatoms. The van der Waals surface area contributed by atoms with Crippen molar-refractivity contribution in [2.45, 2.75) is 114 Å². The Kier molecular flexibility index (Phi) is 9.56. The van der Waals surface area contributed by atoms with E-state index in [0.717, 1.165) is 25.2 Å². The fourth-order valence-electron chi connectivity index (χ4n) is 11.0. The summed E-state index contributed by atoms with van der Waals surface area (Å²) in [5.41, 5.74) is 3.12. The van der Waals surface area contributed by atoms with Crippen LogP contribution in [0.4, 0.5) is 0 Å². The van der Waals surface area contributed by atoms with Gasteiger partial charge in [0.25, 0.3) is 11.8 Å². The number of hydrogen-bond donors (Lipinski definition) is 3. The summed E-state index contributed by atoms with van der Waals surface area (Å²) in [5, 5.41) is 19.1. The van der Waals surface area contributed by atoms with Gasteiger partial charge in [0.05, 0.1) is 6.10 Å². The molecule has 54 heavy (non-hydrogen) atoms. The number of aromatic nitrogens is 1. The van der Waals surface area contributed by atoms with E-state index in [1.807, 2.05) is 6.08 Å². The van der Waals surface area contributed by atoms with Crippen LogP contribution in [0.15, 0.2) is 40.4 Å². The van der Waals surface area contributed by atoms with E-state index in [0.29, 0.717) is 60.7 Å². The van der Waals surface area contributed by atoms with Gasteiger partial charge < -0.3 is 29.9 Å². The van der Waals surface area contributed by atoms with E-state index in [1.54, 1.807) is 45.0 Å². The summed E-state index contributed by atoms with van der Waals surface area (Å²) in [4.78, 5) is 64.7. The molecule has 0 bridgehead atoms. The van der Waals surface area contributed by atoms with Gasteiger partial charge >= 0.3 is 5.97 Å². The molecular weight excluding hydrogens is 709 g/mol. The monoisotopic (exact) mass is 758 g/mol. The number of fused-ring (bicyclic) bond motifs is 6. The third-order valence-electron chi connectivity index (χ3n) is 13.6. The molecule has 6 aliphatic rings. The fourth-order valence-corrected chi connectivity index (χ4v) is 12.6. The Morgan fingerprint density at radius 1 is 1.02 bits per heavy atom. The van der Waals surface area contributed by atoms with Gasteiger partial charge in [0.2, 0.25) is 5.91 Å². The number of hydrogen-bond acceptors (Lipinski definition) is 9. The number of carboxylic acid groups (broad SMARTS) is 1. The largest absolute Gasteiger partial charge is 0.480 e. The molecule has 5 fully saturated rings. The molecule has 4 aliphatic carbocycles. The summed E-state index contributed by atoms with van der Waals surface area (Å²) in [7, 11) is 0. The maximum Gasteiger partial charge on any atom is 0.327 e. The van der Waals surface area contributed by atoms with E-state index in [1.165, 1.54) is 47.9 Å². The van der Waals surface area contributed by atoms with Crippen LogP contribution in [-0.4, -0.2) is 86.1 Å². The Morgan fingerprint density at radius 3 is 2.56 bits per heavy atom. The number of ketones is 1. The highest BCUT2D eigenvalue weighted by Gasteiger charge is 2.64. The number of carboxylic acids is 1. The minimum atomic E-state index is -1.07. The summed E-state index contributed by atoms with van der Waals surface area (Å²) >= 11 is 1.35. The summed E-state index contributed by atoms with van der Waals surface area (Å²) < 4.78 is 11.2. The van der Waals surface area contributed by atoms with Gasteiger partial charge in [0.1, 0.15) is 34.5 Å². The van der Waals surface area contributed by atoms with Crippen molar-refractivity contribution in [3.63, 3.8) is 0 Å². The zero-order valence-corrected chi connectivity index (χ0v) is 32.2. The number of amides is 3. The quantitative estimate of drug-likeness (QED) is 0.207. The van der Waals surface area contributed by atoms with Crippen molar-refractivity contribution in [3.8, 4) is 11.3 Å². The summed E-state index contributed by atoms with van der Waals surface area (Å²) in [6, 6.07) is 4.93. The summed E-state index contributed by atoms with van der Waals surface area (Å²) in [5.74, 6) is 1.07. The zero-order chi connectivity index (χ0) is 38.1. The number of aryl methyl sites for hydroxylation is 1. The third-order valence-corrected chi connectivity index (χ3v) is 15.2. The summed E-state index contributed by atoms with van der Waals surface area (Å²) in [6.07, 6.45) is 11.7. The molecule has 1 aromatic carbocycles. The first-order valence-corrected chi connectivity index (χ1v) is 20.4. The van der Waals surface area contributed by atoms with Crippen molar-refractivity contribution in [3.05, 3.63) is 52.8 Å². The van der Waals surface area contributed by atoms with Gasteiger partial charge in [0, 0.05) is 35.4 Å². The molecule has 9 atom stereocenters. The molecular formula is C41H50N4O8S. The number of nitrogens with zero attached hydrogens (tertiary/aromatic N) is 2. The molecule has 2 aromatic rings. The molecule has 3 saturated carbocycles. The minimum Gasteiger partial charge on any atom is -0.480 e. The van der Waals surface area contributed by atoms with Crippen molar-refractivity contribution in [2.75, 3.05) is 13.2 Å². The molecule has 8 rings (SSSR count). The van der Waals surface area contributed by atoms with Crippen LogP contribution in [0.2, 0.25) is 0 Å². The average molecular weight is 759 g/mol. The Bertz CT molecular complexity index is 1910. The number of benzene rings is 1. The van der Waals surface area contributed by atoms with Crippen molar-refractivity contribution < 1.29 is 38.3 Å². The molecule has 9 unspecified atom stereocenters. The number of aliphatic carboxylic acids is 1. The standard InChI is InChI=1S/C41H50N4O8S/c1-21-31(36(48)43-33-37(49)45-34(39(50)51)40(2,3)54-38(33)45)32(44-53-21)22-6-8-23(9-7-22)35(47)42-18-5-19-52-30-15-14-29-28-12-10-24-20-25(46)11-13-26(24)27(28)16-17-41(29,30)4/h6-9,20,26-30,33-34,38H,5,10-19H2,1-4H3,(H,42,47)(H,43,48)(H,50,51). The molecule has 12 nitrogen and oxygen atoms in total. The van der Waals surface area contributed by atoms with E-state index in [4.69, 9.17) is 9.26 Å². The molecule has 2 saturated heterocycles. The van der Waals surface area contributed by atoms with Gasteiger partial charge in [-0.15, -0.1) is 11.8 Å². The molecule has 0 spiro atoms. The lowest BCUT2D eigenvalue weighted by atomic mass is 9.52. The van der Waals surface area contributed by atoms with Crippen LogP contribution in [0.3, 0.4) is 0 Å². The fraction of sp³-hybridized carbons (Fsp3) is 0.610. The first kappa shape index (κ1) is 37.0. The highest BCUT2D eigenvalue weighted by atomic mass is 32.2. The Hall–Kier alpha value is -3.97. The van der Waals surface area contributed by atoms with Gasteiger partial charge in [-0.25, -0.2) is 4.79 Å². The van der Waals surface area contributed by atoms with E-state index < -0.39 is 40.0 Å². The van der Waals surface area contributed by atoms with Crippen molar-refractivity contribution in [2.24, 2.45) is 29.1 Å². The van der Waals surface area contributed by atoms with Gasteiger partial charge in [-0.3, -0.25) is 19.2 Å². The lowest BCUT2D eigenvalue weighted by Gasteiger charge is -2.53. The number of ether oxygens (including phenoxy) is 1. The highest BCUT2D eigenvalue weighted by molar-refractivity contribution is 8.01. The predicted octanol–water partition coefficient (Wildman–Crippen LogP) is 5.54. The van der Waals surface area contributed by atoms with Crippen molar-refractivity contribution in [1.82, 2.24) is 20.7 Å². The van der Waals surface area contributed by atoms with Crippen LogP contribution in [0.5, 0.6) is 0 Å². The topological polar surface area (TPSA) is 168 Å².